The van der Waals surface area contributed by atoms with Crippen molar-refractivity contribution in [2.75, 3.05) is 0 Å². The highest BCUT2D eigenvalue weighted by molar-refractivity contribution is 6.36. The molecule has 0 aliphatic heterocycles. The second-order valence-electron chi connectivity index (χ2n) is 6.50. The first-order valence-electron chi connectivity index (χ1n) is 8.93. The lowest BCUT2D eigenvalue weighted by Gasteiger charge is -2.09. The number of aryl methyl sites for hydroxylation is 1. The van der Waals surface area contributed by atoms with Crippen LogP contribution in [0.5, 0.6) is 5.88 Å². The molecule has 0 unspecified atom stereocenters. The van der Waals surface area contributed by atoms with Crippen molar-refractivity contribution in [1.29, 1.82) is 0 Å². The van der Waals surface area contributed by atoms with Gasteiger partial charge in [0, 0.05) is 6.20 Å². The molecule has 0 bridgehead atoms. The van der Waals surface area contributed by atoms with Gasteiger partial charge < -0.3 is 4.74 Å². The van der Waals surface area contributed by atoms with Gasteiger partial charge in [0.15, 0.2) is 5.82 Å². The Balaban J connectivity index is 1.54. The van der Waals surface area contributed by atoms with Gasteiger partial charge in [-0.05, 0) is 42.8 Å². The number of rotatable bonds is 5. The third-order valence-corrected chi connectivity index (χ3v) is 4.93. The van der Waals surface area contributed by atoms with E-state index in [1.807, 2.05) is 24.3 Å². The molecule has 148 valence electrons. The third-order valence-electron chi connectivity index (χ3n) is 4.34. The maximum absolute atomic E-state index is 14.2. The van der Waals surface area contributed by atoms with E-state index in [4.69, 9.17) is 35.8 Å². The number of aromatic nitrogens is 4. The molecule has 2 heterocycles. The van der Waals surface area contributed by atoms with Crippen molar-refractivity contribution in [3.8, 4) is 23.0 Å². The Morgan fingerprint density at radius 3 is 2.57 bits per heavy atom. The summed E-state index contributed by atoms with van der Waals surface area (Å²) >= 11 is 12.2. The molecule has 0 saturated heterocycles. The van der Waals surface area contributed by atoms with E-state index >= 15 is 0 Å². The molecule has 5 nitrogen and oxygen atoms in total. The van der Waals surface area contributed by atoms with Crippen LogP contribution in [0, 0.1) is 12.7 Å². The van der Waals surface area contributed by atoms with E-state index in [2.05, 4.69) is 15.1 Å². The van der Waals surface area contributed by atoms with Crippen molar-refractivity contribution >= 4 is 36.5 Å². The van der Waals surface area contributed by atoms with E-state index in [1.165, 1.54) is 12.3 Å². The fourth-order valence-electron chi connectivity index (χ4n) is 2.88. The molecule has 0 spiro atoms. The summed E-state index contributed by atoms with van der Waals surface area (Å²) in [6.45, 7) is 2.07. The molecule has 0 fully saturated rings. The van der Waals surface area contributed by atoms with Crippen LogP contribution in [0.4, 0.5) is 4.39 Å². The Morgan fingerprint density at radius 1 is 1.10 bits per heavy atom. The van der Waals surface area contributed by atoms with Crippen LogP contribution in [0.25, 0.3) is 17.1 Å². The van der Waals surface area contributed by atoms with Gasteiger partial charge in [0.1, 0.15) is 31.1 Å². The van der Waals surface area contributed by atoms with E-state index in [1.54, 1.807) is 29.8 Å². The maximum Gasteiger partial charge on any atom is 0.232 e. The van der Waals surface area contributed by atoms with Crippen LogP contribution >= 0.6 is 23.2 Å². The minimum absolute atomic E-state index is 0.180. The smallest absolute Gasteiger partial charge is 0.232 e. The molecule has 0 N–H and O–H groups in total. The largest absolute Gasteiger partial charge is 0.472 e. The molecule has 0 saturated carbocycles. The van der Waals surface area contributed by atoms with Gasteiger partial charge in [-0.25, -0.2) is 19.0 Å². The number of benzene rings is 2. The predicted molar refractivity (Wildman–Crippen MR) is 115 cm³/mol. The molecule has 9 heteroatoms. The standard InChI is InChI=1S/C21H14BCl2FN4O/c1-12-27-20(19-16(23)3-2-4-18(19)25)28-29(12)15-7-5-13(6-8-15)11-30-21-17(24)9-14(22)10-26-21/h2-10H,11H2,1H3. The van der Waals surface area contributed by atoms with Crippen molar-refractivity contribution in [3.63, 3.8) is 0 Å². The van der Waals surface area contributed by atoms with Crippen LogP contribution in [0.3, 0.4) is 0 Å². The molecular formula is C21H14BCl2FN4O. The minimum Gasteiger partial charge on any atom is -0.472 e. The van der Waals surface area contributed by atoms with Crippen LogP contribution in [-0.2, 0) is 6.61 Å². The summed E-state index contributed by atoms with van der Waals surface area (Å²) in [5.41, 5.74) is 2.32. The Morgan fingerprint density at radius 2 is 1.87 bits per heavy atom. The van der Waals surface area contributed by atoms with Crippen molar-refractivity contribution in [3.05, 3.63) is 82.0 Å². The van der Waals surface area contributed by atoms with Gasteiger partial charge in [0.2, 0.25) is 5.88 Å². The van der Waals surface area contributed by atoms with Gasteiger partial charge in [0.05, 0.1) is 16.3 Å². The molecule has 2 radical (unpaired) electrons. The Bertz CT molecular complexity index is 1190. The molecule has 4 rings (SSSR count). The summed E-state index contributed by atoms with van der Waals surface area (Å²) < 4.78 is 21.5. The number of hydrogen-bond donors (Lipinski definition) is 0. The highest BCUT2D eigenvalue weighted by Crippen LogP contribution is 2.29. The molecule has 0 aliphatic carbocycles. The summed E-state index contributed by atoms with van der Waals surface area (Å²) in [7, 11) is 5.63. The number of pyridine rings is 1. The van der Waals surface area contributed by atoms with Crippen LogP contribution < -0.4 is 10.2 Å². The number of halogens is 3. The van der Waals surface area contributed by atoms with Crippen LogP contribution in [0.2, 0.25) is 10.0 Å². The minimum atomic E-state index is -0.470. The molecule has 4 aromatic rings. The van der Waals surface area contributed by atoms with Crippen LogP contribution in [0.15, 0.2) is 54.7 Å². The zero-order chi connectivity index (χ0) is 21.3. The van der Waals surface area contributed by atoms with Crippen molar-refractivity contribution in [1.82, 2.24) is 19.7 Å². The zero-order valence-electron chi connectivity index (χ0n) is 15.8. The molecule has 2 aromatic carbocycles. The van der Waals surface area contributed by atoms with Crippen molar-refractivity contribution in [2.45, 2.75) is 13.5 Å². The van der Waals surface area contributed by atoms with Gasteiger partial charge in [-0.1, -0.05) is 46.9 Å². The van der Waals surface area contributed by atoms with Crippen LogP contribution in [-0.4, -0.2) is 27.6 Å². The first-order chi connectivity index (χ1) is 14.4. The lowest BCUT2D eigenvalue weighted by molar-refractivity contribution is 0.294. The predicted octanol–water partition coefficient (Wildman–Crippen LogP) is 4.46. The Kier molecular flexibility index (Phi) is 5.75. The highest BCUT2D eigenvalue weighted by atomic mass is 35.5. The van der Waals surface area contributed by atoms with Crippen molar-refractivity contribution < 1.29 is 9.13 Å². The van der Waals surface area contributed by atoms with E-state index in [-0.39, 0.29) is 23.0 Å². The van der Waals surface area contributed by atoms with E-state index in [9.17, 15) is 4.39 Å². The van der Waals surface area contributed by atoms with E-state index < -0.39 is 5.82 Å². The lowest BCUT2D eigenvalue weighted by atomic mass is 9.99. The fraction of sp³-hybridized carbons (Fsp3) is 0.0952. The quantitative estimate of drug-likeness (QED) is 0.432. The SMILES string of the molecule is [B]c1cnc(OCc2ccc(-n3nc(-c4c(F)cccc4Cl)nc3C)cc2)c(Cl)c1. The van der Waals surface area contributed by atoms with Gasteiger partial charge in [0.25, 0.3) is 0 Å². The first kappa shape index (κ1) is 20.4. The molecule has 2 aromatic heterocycles. The number of hydrogen-bond acceptors (Lipinski definition) is 4. The fourth-order valence-corrected chi connectivity index (χ4v) is 3.36. The molecule has 0 atom stereocenters. The molecule has 30 heavy (non-hydrogen) atoms. The third kappa shape index (κ3) is 4.18. The van der Waals surface area contributed by atoms with E-state index in [0.717, 1.165) is 11.3 Å². The summed E-state index contributed by atoms with van der Waals surface area (Å²) in [4.78, 5) is 8.44. The van der Waals surface area contributed by atoms with Crippen molar-refractivity contribution in [2.24, 2.45) is 0 Å². The zero-order valence-corrected chi connectivity index (χ0v) is 17.3. The van der Waals surface area contributed by atoms with Gasteiger partial charge in [-0.3, -0.25) is 0 Å². The summed E-state index contributed by atoms with van der Waals surface area (Å²) in [6.07, 6.45) is 1.48. The normalized spacial score (nSPS) is 10.9. The average Bonchev–Trinajstić information content (AvgIpc) is 3.09. The molecule has 0 amide bonds. The van der Waals surface area contributed by atoms with Gasteiger partial charge >= 0.3 is 0 Å². The number of nitrogens with zero attached hydrogens (tertiary/aromatic N) is 4. The summed E-state index contributed by atoms with van der Waals surface area (Å²) in [5.74, 6) is 0.675. The lowest BCUT2D eigenvalue weighted by Crippen LogP contribution is -2.05. The highest BCUT2D eigenvalue weighted by Gasteiger charge is 2.16. The second-order valence-corrected chi connectivity index (χ2v) is 7.32. The first-order valence-corrected chi connectivity index (χ1v) is 9.69. The number of ether oxygens (including phenoxy) is 1. The Labute approximate surface area is 183 Å². The topological polar surface area (TPSA) is 52.8 Å². The Hall–Kier alpha value is -2.90. The average molecular weight is 439 g/mol. The van der Waals surface area contributed by atoms with Gasteiger partial charge in [-0.2, -0.15) is 0 Å². The van der Waals surface area contributed by atoms with Crippen LogP contribution in [0.1, 0.15) is 11.4 Å². The van der Waals surface area contributed by atoms with Gasteiger partial charge in [-0.15, -0.1) is 5.10 Å². The summed E-state index contributed by atoms with van der Waals surface area (Å²) in [5, 5.41) is 5.04. The molecular weight excluding hydrogens is 425 g/mol. The monoisotopic (exact) mass is 438 g/mol. The second kappa shape index (κ2) is 8.46. The maximum atomic E-state index is 14.2. The van der Waals surface area contributed by atoms with E-state index in [0.29, 0.717) is 22.2 Å². The summed E-state index contributed by atoms with van der Waals surface area (Å²) in [6, 6.07) is 13.6. The molecule has 0 aliphatic rings.